The number of ketones is 1. The number of carbonyl (C=O) groups is 1. The van der Waals surface area contributed by atoms with Gasteiger partial charge < -0.3 is 0 Å². The summed E-state index contributed by atoms with van der Waals surface area (Å²) in [7, 11) is 0. The molecule has 0 amide bonds. The van der Waals surface area contributed by atoms with Crippen LogP contribution < -0.4 is 0 Å². The lowest BCUT2D eigenvalue weighted by atomic mass is 9.99. The molecule has 0 fully saturated rings. The molecule has 0 aromatic heterocycles. The molecule has 0 aliphatic rings. The molecule has 0 saturated carbocycles. The zero-order valence-electron chi connectivity index (χ0n) is 10.2. The summed E-state index contributed by atoms with van der Waals surface area (Å²) in [4.78, 5) is 12.3. The minimum Gasteiger partial charge on any atom is -0.294 e. The van der Waals surface area contributed by atoms with E-state index < -0.39 is 0 Å². The summed E-state index contributed by atoms with van der Waals surface area (Å²) in [5.41, 5.74) is 2.44. The van der Waals surface area contributed by atoms with Gasteiger partial charge in [0.05, 0.1) is 0 Å². The lowest BCUT2D eigenvalue weighted by Crippen LogP contribution is -2.06. The molecular formula is C15H11BrCl2O. The third-order valence-electron chi connectivity index (χ3n) is 2.93. The van der Waals surface area contributed by atoms with Gasteiger partial charge in [0.15, 0.2) is 5.78 Å². The molecule has 0 spiro atoms. The highest BCUT2D eigenvalue weighted by Gasteiger charge is 2.13. The second-order valence-electron chi connectivity index (χ2n) is 4.25. The van der Waals surface area contributed by atoms with E-state index in [-0.39, 0.29) is 12.2 Å². The summed E-state index contributed by atoms with van der Waals surface area (Å²) in [6.45, 7) is 1.92. The molecule has 2 rings (SSSR count). The minimum atomic E-state index is 0.0445. The first-order chi connectivity index (χ1) is 8.99. The molecular weight excluding hydrogens is 347 g/mol. The van der Waals surface area contributed by atoms with E-state index in [1.54, 1.807) is 18.2 Å². The van der Waals surface area contributed by atoms with Crippen LogP contribution in [-0.4, -0.2) is 5.78 Å². The van der Waals surface area contributed by atoms with Crippen molar-refractivity contribution in [2.24, 2.45) is 0 Å². The molecule has 2 aromatic rings. The van der Waals surface area contributed by atoms with Gasteiger partial charge in [-0.25, -0.2) is 0 Å². The van der Waals surface area contributed by atoms with Crippen LogP contribution in [0.5, 0.6) is 0 Å². The predicted molar refractivity (Wildman–Crippen MR) is 83.4 cm³/mol. The molecule has 2 aromatic carbocycles. The van der Waals surface area contributed by atoms with Crippen LogP contribution in [-0.2, 0) is 6.42 Å². The maximum Gasteiger partial charge on any atom is 0.167 e. The van der Waals surface area contributed by atoms with E-state index in [4.69, 9.17) is 23.2 Å². The van der Waals surface area contributed by atoms with Crippen LogP contribution in [0.15, 0.2) is 40.9 Å². The molecule has 0 bridgehead atoms. The Hall–Kier alpha value is -0.830. The number of carbonyl (C=O) groups excluding carboxylic acids is 1. The molecule has 0 unspecified atom stereocenters. The largest absolute Gasteiger partial charge is 0.294 e. The molecule has 0 N–H and O–H groups in total. The molecule has 0 atom stereocenters. The van der Waals surface area contributed by atoms with Crippen molar-refractivity contribution in [3.05, 3.63) is 67.6 Å². The summed E-state index contributed by atoms with van der Waals surface area (Å²) in [6.07, 6.45) is 0.271. The van der Waals surface area contributed by atoms with E-state index >= 15 is 0 Å². The second-order valence-corrected chi connectivity index (χ2v) is 5.95. The fourth-order valence-electron chi connectivity index (χ4n) is 1.84. The number of benzene rings is 2. The van der Waals surface area contributed by atoms with E-state index in [1.807, 2.05) is 25.1 Å². The van der Waals surface area contributed by atoms with Gasteiger partial charge in [-0.15, -0.1) is 0 Å². The van der Waals surface area contributed by atoms with E-state index in [0.29, 0.717) is 15.6 Å². The highest BCUT2D eigenvalue weighted by atomic mass is 79.9. The van der Waals surface area contributed by atoms with Crippen molar-refractivity contribution < 1.29 is 4.79 Å². The normalized spacial score (nSPS) is 10.5. The first kappa shape index (κ1) is 14.6. The van der Waals surface area contributed by atoms with E-state index in [2.05, 4.69) is 15.9 Å². The van der Waals surface area contributed by atoms with E-state index in [0.717, 1.165) is 15.6 Å². The number of hydrogen-bond donors (Lipinski definition) is 0. The predicted octanol–water partition coefficient (Wildman–Crippen LogP) is 5.49. The Morgan fingerprint density at radius 2 is 1.95 bits per heavy atom. The summed E-state index contributed by atoms with van der Waals surface area (Å²) in [5.74, 6) is 0.0445. The number of hydrogen-bond acceptors (Lipinski definition) is 1. The third kappa shape index (κ3) is 3.38. The number of rotatable bonds is 3. The quantitative estimate of drug-likeness (QED) is 0.664. The minimum absolute atomic E-state index is 0.0445. The Morgan fingerprint density at radius 1 is 1.21 bits per heavy atom. The van der Waals surface area contributed by atoms with Gasteiger partial charge >= 0.3 is 0 Å². The SMILES string of the molecule is Cc1c(Br)cccc1C(=O)Cc1ccc(Cl)cc1Cl. The standard InChI is InChI=1S/C15H11BrCl2O/c1-9-12(3-2-4-13(9)16)15(19)7-10-5-6-11(17)8-14(10)18/h2-6,8H,7H2,1H3. The highest BCUT2D eigenvalue weighted by Crippen LogP contribution is 2.24. The van der Waals surface area contributed by atoms with Gasteiger partial charge in [0.25, 0.3) is 0 Å². The van der Waals surface area contributed by atoms with E-state index in [9.17, 15) is 4.79 Å². The maximum atomic E-state index is 12.3. The van der Waals surface area contributed by atoms with Crippen molar-refractivity contribution in [3.8, 4) is 0 Å². The molecule has 0 aliphatic heterocycles. The monoisotopic (exact) mass is 356 g/mol. The van der Waals surface area contributed by atoms with Crippen LogP contribution in [0.25, 0.3) is 0 Å². The molecule has 98 valence electrons. The second kappa shape index (κ2) is 6.08. The Morgan fingerprint density at radius 3 is 2.63 bits per heavy atom. The van der Waals surface area contributed by atoms with Crippen molar-refractivity contribution in [1.29, 1.82) is 0 Å². The van der Waals surface area contributed by atoms with Crippen LogP contribution in [0, 0.1) is 6.92 Å². The molecule has 4 heteroatoms. The van der Waals surface area contributed by atoms with Gasteiger partial charge in [0, 0.05) is 26.5 Å². The van der Waals surface area contributed by atoms with Crippen molar-refractivity contribution in [1.82, 2.24) is 0 Å². The zero-order valence-corrected chi connectivity index (χ0v) is 13.3. The molecule has 0 aliphatic carbocycles. The summed E-state index contributed by atoms with van der Waals surface area (Å²) in [5, 5.41) is 1.09. The van der Waals surface area contributed by atoms with Crippen molar-refractivity contribution in [2.45, 2.75) is 13.3 Å². The van der Waals surface area contributed by atoms with Gasteiger partial charge in [-0.05, 0) is 36.2 Å². The van der Waals surface area contributed by atoms with Crippen molar-refractivity contribution in [3.63, 3.8) is 0 Å². The number of halogens is 3. The summed E-state index contributed by atoms with van der Waals surface area (Å²) >= 11 is 15.4. The zero-order chi connectivity index (χ0) is 14.0. The maximum absolute atomic E-state index is 12.3. The molecule has 0 heterocycles. The molecule has 1 nitrogen and oxygen atoms in total. The topological polar surface area (TPSA) is 17.1 Å². The first-order valence-corrected chi connectivity index (χ1v) is 7.26. The van der Waals surface area contributed by atoms with E-state index in [1.165, 1.54) is 0 Å². The van der Waals surface area contributed by atoms with Crippen molar-refractivity contribution >= 4 is 44.9 Å². The smallest absolute Gasteiger partial charge is 0.167 e. The van der Waals surface area contributed by atoms with Crippen molar-refractivity contribution in [2.75, 3.05) is 0 Å². The summed E-state index contributed by atoms with van der Waals surface area (Å²) in [6, 6.07) is 10.8. The van der Waals surface area contributed by atoms with Crippen LogP contribution in [0.3, 0.4) is 0 Å². The van der Waals surface area contributed by atoms with Gasteiger partial charge in [-0.3, -0.25) is 4.79 Å². The number of Topliss-reactive ketones (excluding diaryl/α,β-unsaturated/α-hetero) is 1. The first-order valence-electron chi connectivity index (χ1n) is 5.71. The lowest BCUT2D eigenvalue weighted by molar-refractivity contribution is 0.0992. The fraction of sp³-hybridized carbons (Fsp3) is 0.133. The van der Waals surface area contributed by atoms with Crippen LogP contribution in [0.4, 0.5) is 0 Å². The van der Waals surface area contributed by atoms with Gasteiger partial charge in [0.1, 0.15) is 0 Å². The lowest BCUT2D eigenvalue weighted by Gasteiger charge is -2.08. The third-order valence-corrected chi connectivity index (χ3v) is 4.38. The average Bonchev–Trinajstić information content (AvgIpc) is 2.36. The molecule has 19 heavy (non-hydrogen) atoms. The molecule has 0 radical (unpaired) electrons. The Kier molecular flexibility index (Phi) is 4.67. The van der Waals surface area contributed by atoms with Crippen LogP contribution >= 0.6 is 39.1 Å². The summed E-state index contributed by atoms with van der Waals surface area (Å²) < 4.78 is 0.931. The van der Waals surface area contributed by atoms with Crippen LogP contribution in [0.1, 0.15) is 21.5 Å². The van der Waals surface area contributed by atoms with Gasteiger partial charge in [-0.1, -0.05) is 57.3 Å². The fourth-order valence-corrected chi connectivity index (χ4v) is 2.68. The Bertz CT molecular complexity index is 638. The van der Waals surface area contributed by atoms with Gasteiger partial charge in [0.2, 0.25) is 0 Å². The van der Waals surface area contributed by atoms with Gasteiger partial charge in [-0.2, -0.15) is 0 Å². The Balaban J connectivity index is 2.28. The Labute approximate surface area is 130 Å². The highest BCUT2D eigenvalue weighted by molar-refractivity contribution is 9.10. The molecule has 0 saturated heterocycles. The average molecular weight is 358 g/mol. The van der Waals surface area contributed by atoms with Crippen LogP contribution in [0.2, 0.25) is 10.0 Å².